The fraction of sp³-hybridized carbons (Fsp3) is 0.333. The summed E-state index contributed by atoms with van der Waals surface area (Å²) < 4.78 is 19.1. The second-order valence-electron chi connectivity index (χ2n) is 5.07. The molecule has 0 aromatic carbocycles. The topological polar surface area (TPSA) is 49.6 Å². The van der Waals surface area contributed by atoms with E-state index in [1.54, 1.807) is 17.0 Å². The number of aromatic nitrogens is 1. The summed E-state index contributed by atoms with van der Waals surface area (Å²) in [6, 6.07) is 4.58. The summed E-state index contributed by atoms with van der Waals surface area (Å²) in [4.78, 5) is 19.9. The monoisotopic (exact) mass is 323 g/mol. The van der Waals surface area contributed by atoms with Crippen LogP contribution in [0.4, 0.5) is 10.2 Å². The van der Waals surface area contributed by atoms with Crippen molar-refractivity contribution in [1.29, 1.82) is 0 Å². The second kappa shape index (κ2) is 6.36. The smallest absolute Gasteiger partial charge is 0.289 e. The van der Waals surface area contributed by atoms with Gasteiger partial charge in [-0.25, -0.2) is 9.37 Å². The second-order valence-corrected chi connectivity index (χ2v) is 5.51. The molecule has 0 N–H and O–H groups in total. The summed E-state index contributed by atoms with van der Waals surface area (Å²) in [6.45, 7) is 2.24. The van der Waals surface area contributed by atoms with Gasteiger partial charge in [-0.05, 0) is 24.6 Å². The van der Waals surface area contributed by atoms with Gasteiger partial charge < -0.3 is 14.2 Å². The Kier molecular flexibility index (Phi) is 4.29. The average Bonchev–Trinajstić information content (AvgIpc) is 2.92. The summed E-state index contributed by atoms with van der Waals surface area (Å²) in [6.07, 6.45) is 3.64. The quantitative estimate of drug-likeness (QED) is 0.852. The van der Waals surface area contributed by atoms with Crippen LogP contribution in [0.2, 0.25) is 5.02 Å². The van der Waals surface area contributed by atoms with Crippen LogP contribution in [0.1, 0.15) is 17.0 Å². The molecule has 1 aliphatic heterocycles. The minimum atomic E-state index is -0.446. The van der Waals surface area contributed by atoms with Crippen molar-refractivity contribution in [2.75, 3.05) is 31.1 Å². The molecule has 22 heavy (non-hydrogen) atoms. The van der Waals surface area contributed by atoms with Crippen LogP contribution in [0.25, 0.3) is 0 Å². The van der Waals surface area contributed by atoms with Crippen molar-refractivity contribution in [3.63, 3.8) is 0 Å². The van der Waals surface area contributed by atoms with Gasteiger partial charge in [0.2, 0.25) is 0 Å². The molecule has 0 aliphatic carbocycles. The standard InChI is InChI=1S/C15H15ClFN3O2/c16-11-9-12(17)14(18-10-11)19-4-2-5-20(7-6-19)15(21)13-3-1-8-22-13/h1,3,8-10H,2,4-7H2. The number of pyridine rings is 1. The molecule has 1 aliphatic rings. The predicted molar refractivity (Wildman–Crippen MR) is 80.6 cm³/mol. The Hall–Kier alpha value is -2.08. The first-order valence-electron chi connectivity index (χ1n) is 7.04. The molecule has 1 saturated heterocycles. The van der Waals surface area contributed by atoms with E-state index in [4.69, 9.17) is 16.0 Å². The van der Waals surface area contributed by atoms with Gasteiger partial charge in [0, 0.05) is 32.4 Å². The minimum Gasteiger partial charge on any atom is -0.459 e. The Balaban J connectivity index is 1.71. The first-order valence-corrected chi connectivity index (χ1v) is 7.42. The van der Waals surface area contributed by atoms with E-state index < -0.39 is 5.82 Å². The molecular formula is C15H15ClFN3O2. The zero-order valence-corrected chi connectivity index (χ0v) is 12.6. The zero-order chi connectivity index (χ0) is 15.5. The average molecular weight is 324 g/mol. The largest absolute Gasteiger partial charge is 0.459 e. The number of furan rings is 1. The van der Waals surface area contributed by atoms with E-state index in [2.05, 4.69) is 4.98 Å². The molecule has 5 nitrogen and oxygen atoms in total. The lowest BCUT2D eigenvalue weighted by atomic mass is 10.3. The van der Waals surface area contributed by atoms with E-state index in [1.165, 1.54) is 18.5 Å². The van der Waals surface area contributed by atoms with Crippen molar-refractivity contribution >= 4 is 23.3 Å². The van der Waals surface area contributed by atoms with Gasteiger partial charge in [0.25, 0.3) is 5.91 Å². The van der Waals surface area contributed by atoms with Crippen LogP contribution in [-0.4, -0.2) is 42.0 Å². The Morgan fingerprint density at radius 1 is 1.32 bits per heavy atom. The zero-order valence-electron chi connectivity index (χ0n) is 11.8. The first kappa shape index (κ1) is 14.8. The highest BCUT2D eigenvalue weighted by atomic mass is 35.5. The van der Waals surface area contributed by atoms with Gasteiger partial charge in [0.1, 0.15) is 0 Å². The summed E-state index contributed by atoms with van der Waals surface area (Å²) in [5.41, 5.74) is 0. The van der Waals surface area contributed by atoms with Crippen LogP contribution in [0.15, 0.2) is 35.1 Å². The molecule has 2 aromatic rings. The molecule has 0 bridgehead atoms. The van der Waals surface area contributed by atoms with Gasteiger partial charge in [-0.2, -0.15) is 0 Å². The highest BCUT2D eigenvalue weighted by Gasteiger charge is 2.23. The molecule has 3 rings (SSSR count). The molecule has 2 aromatic heterocycles. The van der Waals surface area contributed by atoms with Crippen LogP contribution in [0, 0.1) is 5.82 Å². The predicted octanol–water partition coefficient (Wildman–Crippen LogP) is 2.82. The number of rotatable bonds is 2. The van der Waals surface area contributed by atoms with Crippen LogP contribution >= 0.6 is 11.6 Å². The van der Waals surface area contributed by atoms with Gasteiger partial charge >= 0.3 is 0 Å². The number of hydrogen-bond donors (Lipinski definition) is 0. The molecule has 0 radical (unpaired) electrons. The molecule has 1 amide bonds. The molecule has 0 saturated carbocycles. The molecule has 0 atom stereocenters. The van der Waals surface area contributed by atoms with Crippen molar-refractivity contribution in [2.24, 2.45) is 0 Å². The van der Waals surface area contributed by atoms with Crippen molar-refractivity contribution in [1.82, 2.24) is 9.88 Å². The molecule has 1 fully saturated rings. The summed E-state index contributed by atoms with van der Waals surface area (Å²) >= 11 is 5.73. The summed E-state index contributed by atoms with van der Waals surface area (Å²) in [5, 5.41) is 0.269. The normalized spacial score (nSPS) is 15.7. The van der Waals surface area contributed by atoms with Crippen molar-refractivity contribution in [3.8, 4) is 0 Å². The van der Waals surface area contributed by atoms with Crippen LogP contribution < -0.4 is 4.90 Å². The van der Waals surface area contributed by atoms with Gasteiger partial charge in [0.15, 0.2) is 17.4 Å². The lowest BCUT2D eigenvalue weighted by Crippen LogP contribution is -2.35. The van der Waals surface area contributed by atoms with E-state index in [0.29, 0.717) is 31.9 Å². The molecule has 3 heterocycles. The molecule has 7 heteroatoms. The maximum absolute atomic E-state index is 14.0. The number of halogens is 2. The SMILES string of the molecule is O=C(c1ccco1)N1CCCN(c2ncc(Cl)cc2F)CC1. The van der Waals surface area contributed by atoms with Gasteiger partial charge in [-0.3, -0.25) is 4.79 Å². The Morgan fingerprint density at radius 3 is 2.91 bits per heavy atom. The fourth-order valence-electron chi connectivity index (χ4n) is 2.53. The third-order valence-corrected chi connectivity index (χ3v) is 3.81. The van der Waals surface area contributed by atoms with E-state index in [9.17, 15) is 9.18 Å². The molecular weight excluding hydrogens is 309 g/mol. The Bertz CT molecular complexity index is 663. The fourth-order valence-corrected chi connectivity index (χ4v) is 2.67. The first-order chi connectivity index (χ1) is 10.6. The van der Waals surface area contributed by atoms with E-state index in [0.717, 1.165) is 6.42 Å². The third-order valence-electron chi connectivity index (χ3n) is 3.60. The maximum Gasteiger partial charge on any atom is 0.289 e. The van der Waals surface area contributed by atoms with Crippen LogP contribution in [-0.2, 0) is 0 Å². The number of anilines is 1. The Labute approximate surface area is 132 Å². The molecule has 116 valence electrons. The van der Waals surface area contributed by atoms with Crippen LogP contribution in [0.3, 0.4) is 0 Å². The maximum atomic E-state index is 14.0. The van der Waals surface area contributed by atoms with Gasteiger partial charge in [-0.1, -0.05) is 11.6 Å². The van der Waals surface area contributed by atoms with Crippen molar-refractivity contribution in [2.45, 2.75) is 6.42 Å². The minimum absolute atomic E-state index is 0.142. The van der Waals surface area contributed by atoms with E-state index in [-0.39, 0.29) is 16.7 Å². The van der Waals surface area contributed by atoms with Crippen molar-refractivity contribution in [3.05, 3.63) is 47.3 Å². The summed E-state index contributed by atoms with van der Waals surface area (Å²) in [5.74, 6) is 0.00986. The van der Waals surface area contributed by atoms with Gasteiger partial charge in [0.05, 0.1) is 11.3 Å². The number of carbonyl (C=O) groups excluding carboxylic acids is 1. The number of nitrogens with zero attached hydrogens (tertiary/aromatic N) is 3. The summed E-state index contributed by atoms with van der Waals surface area (Å²) in [7, 11) is 0. The van der Waals surface area contributed by atoms with E-state index in [1.807, 2.05) is 4.90 Å². The molecule has 0 spiro atoms. The third kappa shape index (κ3) is 3.06. The number of amides is 1. The molecule has 0 unspecified atom stereocenters. The Morgan fingerprint density at radius 2 is 2.18 bits per heavy atom. The van der Waals surface area contributed by atoms with Gasteiger partial charge in [-0.15, -0.1) is 0 Å². The van der Waals surface area contributed by atoms with Crippen molar-refractivity contribution < 1.29 is 13.6 Å². The van der Waals surface area contributed by atoms with E-state index >= 15 is 0 Å². The number of carbonyl (C=O) groups is 1. The lowest BCUT2D eigenvalue weighted by Gasteiger charge is -2.22. The number of hydrogen-bond acceptors (Lipinski definition) is 4. The highest BCUT2D eigenvalue weighted by Crippen LogP contribution is 2.21. The lowest BCUT2D eigenvalue weighted by molar-refractivity contribution is 0.0735. The highest BCUT2D eigenvalue weighted by molar-refractivity contribution is 6.30. The van der Waals surface area contributed by atoms with Crippen LogP contribution in [0.5, 0.6) is 0 Å².